The van der Waals surface area contributed by atoms with Gasteiger partial charge in [-0.05, 0) is 31.7 Å². The van der Waals surface area contributed by atoms with Gasteiger partial charge in [0.05, 0.1) is 65.6 Å². The van der Waals surface area contributed by atoms with Crippen LogP contribution in [0, 0.1) is 28.6 Å². The number of aryl methyl sites for hydroxylation is 1. The highest BCUT2D eigenvalue weighted by atomic mass is 15.6. The SMILES string of the molecule is CC1NN(C2(CC#N)CC(CC#N)C2)C=C1c1nc(-c2cnn(C)c2)cn2nccc12. The van der Waals surface area contributed by atoms with Gasteiger partial charge in [-0.15, -0.1) is 0 Å². The lowest BCUT2D eigenvalue weighted by Gasteiger charge is -2.51. The first kappa shape index (κ1) is 19.3. The summed E-state index contributed by atoms with van der Waals surface area (Å²) in [5.41, 5.74) is 7.83. The van der Waals surface area contributed by atoms with Crippen LogP contribution in [0.25, 0.3) is 22.3 Å². The Labute approximate surface area is 180 Å². The van der Waals surface area contributed by atoms with Gasteiger partial charge in [-0.2, -0.15) is 20.7 Å². The first-order chi connectivity index (χ1) is 15.0. The third kappa shape index (κ3) is 3.15. The molecule has 3 aromatic heterocycles. The number of hydrogen-bond donors (Lipinski definition) is 1. The van der Waals surface area contributed by atoms with Gasteiger partial charge in [0.1, 0.15) is 0 Å². The number of rotatable bonds is 5. The largest absolute Gasteiger partial charge is 0.308 e. The van der Waals surface area contributed by atoms with Gasteiger partial charge in [-0.1, -0.05) is 0 Å². The number of aromatic nitrogens is 5. The van der Waals surface area contributed by atoms with Gasteiger partial charge in [0.2, 0.25) is 0 Å². The molecule has 0 aromatic carbocycles. The number of hydrogen-bond acceptors (Lipinski definition) is 7. The Bertz CT molecular complexity index is 1250. The van der Waals surface area contributed by atoms with Crippen LogP contribution < -0.4 is 5.43 Å². The van der Waals surface area contributed by atoms with E-state index in [1.54, 1.807) is 17.1 Å². The molecule has 5 rings (SSSR count). The minimum atomic E-state index is -0.274. The van der Waals surface area contributed by atoms with E-state index in [2.05, 4.69) is 45.9 Å². The van der Waals surface area contributed by atoms with Crippen molar-refractivity contribution >= 4 is 11.1 Å². The number of nitrogens with one attached hydrogen (secondary N) is 1. The van der Waals surface area contributed by atoms with Crippen molar-refractivity contribution in [3.63, 3.8) is 0 Å². The molecule has 0 bridgehead atoms. The molecule has 31 heavy (non-hydrogen) atoms. The summed E-state index contributed by atoms with van der Waals surface area (Å²) in [6, 6.07) is 6.60. The molecule has 0 saturated heterocycles. The Balaban J connectivity index is 1.55. The molecule has 0 amide bonds. The summed E-state index contributed by atoms with van der Waals surface area (Å²) in [4.78, 5) is 4.98. The van der Waals surface area contributed by atoms with E-state index < -0.39 is 0 Å². The molecule has 1 N–H and O–H groups in total. The molecule has 1 saturated carbocycles. The van der Waals surface area contributed by atoms with Gasteiger partial charge < -0.3 is 5.01 Å². The van der Waals surface area contributed by atoms with Crippen molar-refractivity contribution in [2.45, 2.75) is 44.2 Å². The fourth-order valence-electron chi connectivity index (χ4n) is 4.80. The smallest absolute Gasteiger partial charge is 0.0958 e. The summed E-state index contributed by atoms with van der Waals surface area (Å²) in [6.45, 7) is 2.10. The maximum atomic E-state index is 9.45. The summed E-state index contributed by atoms with van der Waals surface area (Å²) in [5.74, 6) is 0.349. The third-order valence-corrected chi connectivity index (χ3v) is 6.37. The quantitative estimate of drug-likeness (QED) is 0.684. The van der Waals surface area contributed by atoms with E-state index in [9.17, 15) is 5.26 Å². The molecule has 1 atom stereocenters. The van der Waals surface area contributed by atoms with Crippen molar-refractivity contribution in [2.24, 2.45) is 13.0 Å². The van der Waals surface area contributed by atoms with Crippen molar-refractivity contribution in [3.05, 3.63) is 42.7 Å². The van der Waals surface area contributed by atoms with E-state index in [-0.39, 0.29) is 11.6 Å². The van der Waals surface area contributed by atoms with Gasteiger partial charge in [0, 0.05) is 37.0 Å². The highest BCUT2D eigenvalue weighted by Gasteiger charge is 2.49. The van der Waals surface area contributed by atoms with Crippen LogP contribution in [0.5, 0.6) is 0 Å². The van der Waals surface area contributed by atoms with Crippen LogP contribution in [-0.2, 0) is 7.05 Å². The molecule has 156 valence electrons. The summed E-state index contributed by atoms with van der Waals surface area (Å²) in [5, 5.41) is 29.3. The molecule has 1 unspecified atom stereocenters. The van der Waals surface area contributed by atoms with E-state index >= 15 is 0 Å². The lowest BCUT2D eigenvalue weighted by atomic mass is 9.65. The zero-order chi connectivity index (χ0) is 21.6. The average Bonchev–Trinajstić information content (AvgIpc) is 3.45. The van der Waals surface area contributed by atoms with E-state index in [1.807, 2.05) is 30.0 Å². The average molecular weight is 413 g/mol. The Kier molecular flexibility index (Phi) is 4.49. The Morgan fingerprint density at radius 3 is 2.77 bits per heavy atom. The van der Waals surface area contributed by atoms with Crippen molar-refractivity contribution in [1.29, 1.82) is 10.5 Å². The zero-order valence-electron chi connectivity index (χ0n) is 17.5. The molecule has 3 aromatic rings. The first-order valence-corrected chi connectivity index (χ1v) is 10.4. The van der Waals surface area contributed by atoms with Gasteiger partial charge >= 0.3 is 0 Å². The molecule has 2 aliphatic rings. The Morgan fingerprint density at radius 2 is 2.06 bits per heavy atom. The zero-order valence-corrected chi connectivity index (χ0v) is 17.5. The van der Waals surface area contributed by atoms with E-state index in [0.717, 1.165) is 40.9 Å². The monoisotopic (exact) mass is 413 g/mol. The normalized spacial score (nSPS) is 25.2. The molecule has 4 heterocycles. The predicted octanol–water partition coefficient (Wildman–Crippen LogP) is 2.66. The maximum absolute atomic E-state index is 9.45. The molecular formula is C22H23N9. The van der Waals surface area contributed by atoms with Crippen molar-refractivity contribution < 1.29 is 0 Å². The molecule has 9 heteroatoms. The number of fused-ring (bicyclic) bond motifs is 1. The fourth-order valence-corrected chi connectivity index (χ4v) is 4.80. The highest BCUT2D eigenvalue weighted by Crippen LogP contribution is 2.47. The van der Waals surface area contributed by atoms with Crippen molar-refractivity contribution in [2.75, 3.05) is 0 Å². The minimum absolute atomic E-state index is 0.0286. The van der Waals surface area contributed by atoms with E-state index in [4.69, 9.17) is 10.2 Å². The number of nitriles is 2. The van der Waals surface area contributed by atoms with Crippen molar-refractivity contribution in [3.8, 4) is 23.4 Å². The second kappa shape index (κ2) is 7.22. The lowest BCUT2D eigenvalue weighted by Crippen LogP contribution is -2.59. The topological polar surface area (TPSA) is 111 Å². The van der Waals surface area contributed by atoms with E-state index in [1.165, 1.54) is 0 Å². The molecular weight excluding hydrogens is 390 g/mol. The fraction of sp³-hybridized carbons (Fsp3) is 0.409. The number of hydrazine groups is 1. The van der Waals surface area contributed by atoms with Crippen LogP contribution in [0.2, 0.25) is 0 Å². The molecule has 9 nitrogen and oxygen atoms in total. The predicted molar refractivity (Wildman–Crippen MR) is 114 cm³/mol. The van der Waals surface area contributed by atoms with Gasteiger partial charge in [0.25, 0.3) is 0 Å². The van der Waals surface area contributed by atoms with Gasteiger partial charge in [-0.3, -0.25) is 4.68 Å². The number of nitrogens with zero attached hydrogens (tertiary/aromatic N) is 8. The standard InChI is InChI=1S/C22H23N9/c1-15-18(13-31(28-15)22(5-7-24)9-16(10-22)3-6-23)21-20-4-8-25-30(20)14-19(27-21)17-11-26-29(2)12-17/h4,8,11-16,28H,3,5,9-10H2,1-2H3. The lowest BCUT2D eigenvalue weighted by molar-refractivity contribution is -0.0165. The van der Waals surface area contributed by atoms with Crippen molar-refractivity contribution in [1.82, 2.24) is 34.8 Å². The summed E-state index contributed by atoms with van der Waals surface area (Å²) < 4.78 is 3.60. The van der Waals surface area contributed by atoms with Crippen LogP contribution in [-0.4, -0.2) is 41.0 Å². The third-order valence-electron chi connectivity index (χ3n) is 6.37. The molecule has 0 spiro atoms. The summed E-state index contributed by atoms with van der Waals surface area (Å²) in [7, 11) is 1.88. The Morgan fingerprint density at radius 1 is 1.23 bits per heavy atom. The van der Waals surface area contributed by atoms with Crippen LogP contribution in [0.3, 0.4) is 0 Å². The second-order valence-electron chi connectivity index (χ2n) is 8.54. The van der Waals surface area contributed by atoms with Gasteiger partial charge in [-0.25, -0.2) is 14.9 Å². The maximum Gasteiger partial charge on any atom is 0.0958 e. The first-order valence-electron chi connectivity index (χ1n) is 10.4. The van der Waals surface area contributed by atoms with Gasteiger partial charge in [0.15, 0.2) is 0 Å². The van der Waals surface area contributed by atoms with Crippen LogP contribution in [0.1, 0.15) is 38.3 Å². The Hall–Kier alpha value is -3.69. The van der Waals surface area contributed by atoms with Crippen LogP contribution in [0.4, 0.5) is 0 Å². The summed E-state index contributed by atoms with van der Waals surface area (Å²) >= 11 is 0. The highest BCUT2D eigenvalue weighted by molar-refractivity contribution is 5.80. The molecule has 1 aliphatic heterocycles. The minimum Gasteiger partial charge on any atom is -0.308 e. The molecule has 1 fully saturated rings. The second-order valence-corrected chi connectivity index (χ2v) is 8.54. The van der Waals surface area contributed by atoms with E-state index in [0.29, 0.717) is 18.8 Å². The van der Waals surface area contributed by atoms with Crippen LogP contribution in [0.15, 0.2) is 37.1 Å². The molecule has 1 aliphatic carbocycles. The summed E-state index contributed by atoms with van der Waals surface area (Å²) in [6.07, 6.45) is 12.1. The molecule has 0 radical (unpaired) electrons. The van der Waals surface area contributed by atoms with Crippen LogP contribution >= 0.6 is 0 Å².